The molecule has 0 spiro atoms. The molecule has 6 nitrogen and oxygen atoms in total. The Morgan fingerprint density at radius 3 is 1.78 bits per heavy atom. The Labute approximate surface area is 107 Å². The summed E-state index contributed by atoms with van der Waals surface area (Å²) >= 11 is 0. The Morgan fingerprint density at radius 1 is 0.944 bits per heavy atom. The van der Waals surface area contributed by atoms with E-state index in [2.05, 4.69) is 0 Å². The molecule has 0 aliphatic heterocycles. The average Bonchev–Trinajstić information content (AvgIpc) is 2.29. The highest BCUT2D eigenvalue weighted by Gasteiger charge is 2.28. The number of rotatable bonds is 4. The number of carbonyl (C=O) groups excluding carboxylic acids is 2. The minimum atomic E-state index is -0.667. The molecule has 0 bridgehead atoms. The van der Waals surface area contributed by atoms with Crippen molar-refractivity contribution in [1.82, 2.24) is 0 Å². The summed E-state index contributed by atoms with van der Waals surface area (Å²) in [5, 5.41) is 0. The second-order valence-corrected chi connectivity index (χ2v) is 4.01. The summed E-state index contributed by atoms with van der Waals surface area (Å²) in [5.74, 6) is 0. The smallest absolute Gasteiger partial charge is 0.435 e. The highest BCUT2D eigenvalue weighted by atomic mass is 16.7. The maximum atomic E-state index is 11.2. The monoisotopic (exact) mass is 260 g/mol. The predicted molar refractivity (Wildman–Crippen MR) is 62.3 cm³/mol. The molecule has 0 radical (unpaired) electrons. The third-order valence-corrected chi connectivity index (χ3v) is 2.63. The molecule has 6 heteroatoms. The van der Waals surface area contributed by atoms with Crippen LogP contribution < -0.4 is 0 Å². The van der Waals surface area contributed by atoms with Crippen LogP contribution in [0.2, 0.25) is 0 Å². The minimum Gasteiger partial charge on any atom is -0.435 e. The molecule has 0 amide bonds. The Morgan fingerprint density at radius 2 is 1.39 bits per heavy atom. The zero-order chi connectivity index (χ0) is 13.4. The molecule has 1 aliphatic rings. The summed E-state index contributed by atoms with van der Waals surface area (Å²) in [6.07, 6.45) is 1.03. The van der Waals surface area contributed by atoms with Crippen molar-refractivity contribution in [1.29, 1.82) is 0 Å². The van der Waals surface area contributed by atoms with E-state index < -0.39 is 12.3 Å². The molecule has 1 rings (SSSR count). The normalized spacial score (nSPS) is 23.0. The van der Waals surface area contributed by atoms with E-state index >= 15 is 0 Å². The van der Waals surface area contributed by atoms with Gasteiger partial charge in [0.05, 0.1) is 13.2 Å². The van der Waals surface area contributed by atoms with Gasteiger partial charge in [-0.15, -0.1) is 0 Å². The van der Waals surface area contributed by atoms with Gasteiger partial charge < -0.3 is 18.9 Å². The van der Waals surface area contributed by atoms with Gasteiger partial charge in [-0.2, -0.15) is 0 Å². The molecule has 2 atom stereocenters. The van der Waals surface area contributed by atoms with Crippen LogP contribution in [0.4, 0.5) is 9.59 Å². The molecule has 1 saturated carbocycles. The summed E-state index contributed by atoms with van der Waals surface area (Å²) in [6.45, 7) is 4.01. The van der Waals surface area contributed by atoms with Crippen LogP contribution in [0.1, 0.15) is 39.5 Å². The first-order valence-electron chi connectivity index (χ1n) is 6.32. The largest absolute Gasteiger partial charge is 0.508 e. The van der Waals surface area contributed by atoms with Gasteiger partial charge in [-0.3, -0.25) is 0 Å². The molecule has 0 aromatic rings. The van der Waals surface area contributed by atoms with Crippen molar-refractivity contribution >= 4 is 12.3 Å². The minimum absolute atomic E-state index is 0.253. The third kappa shape index (κ3) is 5.25. The Bertz CT molecular complexity index is 252. The van der Waals surface area contributed by atoms with Crippen LogP contribution in [0.25, 0.3) is 0 Å². The third-order valence-electron chi connectivity index (χ3n) is 2.63. The van der Waals surface area contributed by atoms with Crippen molar-refractivity contribution in [2.24, 2.45) is 0 Å². The lowest BCUT2D eigenvalue weighted by Gasteiger charge is -2.27. The molecule has 0 N–H and O–H groups in total. The van der Waals surface area contributed by atoms with Gasteiger partial charge in [0.1, 0.15) is 12.2 Å². The molecule has 1 aliphatic carbocycles. The van der Waals surface area contributed by atoms with Crippen molar-refractivity contribution < 1.29 is 28.5 Å². The molecule has 1 fully saturated rings. The van der Waals surface area contributed by atoms with E-state index in [1.807, 2.05) is 0 Å². The summed E-state index contributed by atoms with van der Waals surface area (Å²) in [6, 6.07) is 0. The average molecular weight is 260 g/mol. The number of ether oxygens (including phenoxy) is 4. The SMILES string of the molecule is CCOC(=O)O[C@H]1CCC[C@H](OC(=O)OCC)C1. The first kappa shape index (κ1) is 14.6. The maximum Gasteiger partial charge on any atom is 0.508 e. The number of hydrogen-bond donors (Lipinski definition) is 0. The molecule has 0 aromatic heterocycles. The molecule has 0 heterocycles. The van der Waals surface area contributed by atoms with Crippen LogP contribution in [0.15, 0.2) is 0 Å². The number of carbonyl (C=O) groups is 2. The highest BCUT2D eigenvalue weighted by Crippen LogP contribution is 2.24. The van der Waals surface area contributed by atoms with Crippen molar-refractivity contribution in [3.63, 3.8) is 0 Å². The fourth-order valence-corrected chi connectivity index (χ4v) is 1.89. The van der Waals surface area contributed by atoms with Gasteiger partial charge in [0.25, 0.3) is 0 Å². The van der Waals surface area contributed by atoms with Gasteiger partial charge in [-0.25, -0.2) is 9.59 Å². The second-order valence-electron chi connectivity index (χ2n) is 4.01. The van der Waals surface area contributed by atoms with Crippen LogP contribution in [0.3, 0.4) is 0 Å². The fourth-order valence-electron chi connectivity index (χ4n) is 1.89. The zero-order valence-electron chi connectivity index (χ0n) is 10.8. The van der Waals surface area contributed by atoms with Crippen LogP contribution in [-0.2, 0) is 18.9 Å². The Kier molecular flexibility index (Phi) is 6.32. The molecular weight excluding hydrogens is 240 g/mol. The topological polar surface area (TPSA) is 71.1 Å². The van der Waals surface area contributed by atoms with Crippen LogP contribution in [0.5, 0.6) is 0 Å². The fraction of sp³-hybridized carbons (Fsp3) is 0.833. The summed E-state index contributed by atoms with van der Waals surface area (Å²) < 4.78 is 19.6. The number of hydrogen-bond acceptors (Lipinski definition) is 6. The Hall–Kier alpha value is -1.46. The van der Waals surface area contributed by atoms with E-state index in [1.54, 1.807) is 13.8 Å². The van der Waals surface area contributed by atoms with Crippen molar-refractivity contribution in [3.05, 3.63) is 0 Å². The lowest BCUT2D eigenvalue weighted by molar-refractivity contribution is -0.0330. The molecule has 0 saturated heterocycles. The quantitative estimate of drug-likeness (QED) is 0.723. The molecule has 104 valence electrons. The standard InChI is InChI=1S/C12H20O6/c1-3-15-11(13)17-9-6-5-7-10(8-9)18-12(14)16-4-2/h9-10H,3-8H2,1-2H3/t9-,10-/m0/s1. The molecule has 18 heavy (non-hydrogen) atoms. The maximum absolute atomic E-state index is 11.2. The Balaban J connectivity index is 2.31. The van der Waals surface area contributed by atoms with E-state index in [-0.39, 0.29) is 25.4 Å². The van der Waals surface area contributed by atoms with E-state index in [9.17, 15) is 9.59 Å². The van der Waals surface area contributed by atoms with Crippen molar-refractivity contribution in [2.45, 2.75) is 51.7 Å². The summed E-state index contributed by atoms with van der Waals surface area (Å²) in [7, 11) is 0. The lowest BCUT2D eigenvalue weighted by atomic mass is 9.95. The van der Waals surface area contributed by atoms with E-state index in [0.717, 1.165) is 19.3 Å². The predicted octanol–water partition coefficient (Wildman–Crippen LogP) is 2.64. The van der Waals surface area contributed by atoms with Gasteiger partial charge in [0.2, 0.25) is 0 Å². The van der Waals surface area contributed by atoms with Gasteiger partial charge >= 0.3 is 12.3 Å². The van der Waals surface area contributed by atoms with Gasteiger partial charge in [-0.1, -0.05) is 0 Å². The van der Waals surface area contributed by atoms with Gasteiger partial charge in [-0.05, 0) is 33.1 Å². The van der Waals surface area contributed by atoms with Gasteiger partial charge in [0, 0.05) is 6.42 Å². The van der Waals surface area contributed by atoms with E-state index in [1.165, 1.54) is 0 Å². The van der Waals surface area contributed by atoms with Crippen LogP contribution >= 0.6 is 0 Å². The molecular formula is C12H20O6. The summed E-state index contributed by atoms with van der Waals surface area (Å²) in [4.78, 5) is 22.3. The highest BCUT2D eigenvalue weighted by molar-refractivity contribution is 5.60. The molecule has 0 aromatic carbocycles. The summed E-state index contributed by atoms with van der Waals surface area (Å²) in [5.41, 5.74) is 0. The zero-order valence-corrected chi connectivity index (χ0v) is 10.8. The van der Waals surface area contributed by atoms with Crippen LogP contribution in [-0.4, -0.2) is 37.7 Å². The first-order chi connectivity index (χ1) is 8.65. The van der Waals surface area contributed by atoms with Gasteiger partial charge in [0.15, 0.2) is 0 Å². The molecule has 0 unspecified atom stereocenters. The van der Waals surface area contributed by atoms with E-state index in [0.29, 0.717) is 6.42 Å². The second kappa shape index (κ2) is 7.79. The van der Waals surface area contributed by atoms with E-state index in [4.69, 9.17) is 18.9 Å². The van der Waals surface area contributed by atoms with Crippen LogP contribution in [0, 0.1) is 0 Å². The lowest BCUT2D eigenvalue weighted by Crippen LogP contribution is -2.31. The van der Waals surface area contributed by atoms with Crippen molar-refractivity contribution in [2.75, 3.05) is 13.2 Å². The first-order valence-corrected chi connectivity index (χ1v) is 6.32. The van der Waals surface area contributed by atoms with Crippen molar-refractivity contribution in [3.8, 4) is 0 Å².